The largest absolute Gasteiger partial charge is 0.331 e. The molecule has 1 aromatic heterocycles. The van der Waals surface area contributed by atoms with Crippen molar-refractivity contribution < 1.29 is 4.79 Å². The van der Waals surface area contributed by atoms with Crippen LogP contribution >= 0.6 is 11.6 Å². The van der Waals surface area contributed by atoms with E-state index in [0.717, 1.165) is 5.56 Å². The number of allylic oxidation sites excluding steroid dienone is 1. The van der Waals surface area contributed by atoms with Crippen LogP contribution in [0.1, 0.15) is 16.2 Å². The number of hydrogen-bond acceptors (Lipinski definition) is 2. The van der Waals surface area contributed by atoms with Gasteiger partial charge in [0, 0.05) is 24.5 Å². The molecule has 0 atom stereocenters. The monoisotopic (exact) mass is 246 g/mol. The molecular weight excluding hydrogens is 236 g/mol. The number of halogens is 1. The minimum atomic E-state index is -0.141. The molecule has 1 heterocycles. The van der Waals surface area contributed by atoms with Gasteiger partial charge in [0.15, 0.2) is 5.82 Å². The quantitative estimate of drug-likeness (QED) is 0.617. The second-order valence-electron chi connectivity index (χ2n) is 3.58. The maximum atomic E-state index is 11.8. The maximum Gasteiger partial charge on any atom is 0.221 e. The van der Waals surface area contributed by atoms with E-state index in [1.54, 1.807) is 36.2 Å². The summed E-state index contributed by atoms with van der Waals surface area (Å²) in [6.45, 7) is 0. The molecule has 0 radical (unpaired) electrons. The number of hydrogen-bond donors (Lipinski definition) is 0. The van der Waals surface area contributed by atoms with E-state index in [0.29, 0.717) is 10.8 Å². The van der Waals surface area contributed by atoms with E-state index in [4.69, 9.17) is 11.6 Å². The van der Waals surface area contributed by atoms with Gasteiger partial charge in [0.2, 0.25) is 5.78 Å². The standard InChI is InChI=1S/C13H11ClN2O/c1-16-9-8-15-13(16)12(17)7-6-10-4-2-3-5-11(10)14/h2-9H,1H3/b7-6+. The van der Waals surface area contributed by atoms with Gasteiger partial charge in [-0.25, -0.2) is 4.98 Å². The van der Waals surface area contributed by atoms with Gasteiger partial charge in [0.05, 0.1) is 0 Å². The number of aryl methyl sites for hydroxylation is 1. The Morgan fingerprint density at radius 3 is 2.82 bits per heavy atom. The fourth-order valence-electron chi connectivity index (χ4n) is 1.45. The van der Waals surface area contributed by atoms with Crippen LogP contribution in [0.4, 0.5) is 0 Å². The van der Waals surface area contributed by atoms with Crippen LogP contribution in [0.2, 0.25) is 5.02 Å². The van der Waals surface area contributed by atoms with E-state index < -0.39 is 0 Å². The summed E-state index contributed by atoms with van der Waals surface area (Å²) in [6.07, 6.45) is 6.50. The Balaban J connectivity index is 2.20. The van der Waals surface area contributed by atoms with Gasteiger partial charge in [0.25, 0.3) is 0 Å². The second kappa shape index (κ2) is 4.97. The number of ketones is 1. The number of carbonyl (C=O) groups is 1. The Kier molecular flexibility index (Phi) is 3.40. The summed E-state index contributed by atoms with van der Waals surface area (Å²) >= 11 is 5.98. The lowest BCUT2D eigenvalue weighted by atomic mass is 10.2. The van der Waals surface area contributed by atoms with Crippen LogP contribution in [-0.4, -0.2) is 15.3 Å². The van der Waals surface area contributed by atoms with Crippen molar-refractivity contribution in [3.8, 4) is 0 Å². The zero-order valence-corrected chi connectivity index (χ0v) is 10.1. The van der Waals surface area contributed by atoms with Gasteiger partial charge in [-0.15, -0.1) is 0 Å². The highest BCUT2D eigenvalue weighted by molar-refractivity contribution is 6.32. The lowest BCUT2D eigenvalue weighted by Crippen LogP contribution is -2.03. The molecule has 3 nitrogen and oxygen atoms in total. The number of aromatic nitrogens is 2. The number of carbonyl (C=O) groups excluding carboxylic acids is 1. The van der Waals surface area contributed by atoms with Gasteiger partial charge in [-0.3, -0.25) is 4.79 Å². The average molecular weight is 247 g/mol. The number of rotatable bonds is 3. The average Bonchev–Trinajstić information content (AvgIpc) is 2.74. The van der Waals surface area contributed by atoms with E-state index >= 15 is 0 Å². The minimum absolute atomic E-state index is 0.141. The molecule has 0 N–H and O–H groups in total. The first-order chi connectivity index (χ1) is 8.18. The molecule has 17 heavy (non-hydrogen) atoms. The fourth-order valence-corrected chi connectivity index (χ4v) is 1.65. The molecule has 0 spiro atoms. The first-order valence-corrected chi connectivity index (χ1v) is 5.50. The van der Waals surface area contributed by atoms with Crippen molar-refractivity contribution in [3.05, 3.63) is 59.1 Å². The molecule has 0 fully saturated rings. The summed E-state index contributed by atoms with van der Waals surface area (Å²) < 4.78 is 1.68. The highest BCUT2D eigenvalue weighted by atomic mass is 35.5. The van der Waals surface area contributed by atoms with Gasteiger partial charge in [-0.05, 0) is 23.8 Å². The van der Waals surface area contributed by atoms with E-state index in [1.165, 1.54) is 6.08 Å². The van der Waals surface area contributed by atoms with E-state index in [1.807, 2.05) is 18.2 Å². The third-order valence-electron chi connectivity index (χ3n) is 2.36. The molecule has 0 aliphatic heterocycles. The SMILES string of the molecule is Cn1ccnc1C(=O)/C=C/c1ccccc1Cl. The lowest BCUT2D eigenvalue weighted by Gasteiger charge is -1.97. The number of imidazole rings is 1. The smallest absolute Gasteiger partial charge is 0.221 e. The summed E-state index contributed by atoms with van der Waals surface area (Å²) in [5, 5.41) is 0.622. The highest BCUT2D eigenvalue weighted by Crippen LogP contribution is 2.16. The van der Waals surface area contributed by atoms with Crippen LogP contribution in [0.3, 0.4) is 0 Å². The van der Waals surface area contributed by atoms with Crippen molar-refractivity contribution in [2.24, 2.45) is 7.05 Å². The van der Waals surface area contributed by atoms with Crippen LogP contribution in [0.15, 0.2) is 42.7 Å². The second-order valence-corrected chi connectivity index (χ2v) is 3.99. The van der Waals surface area contributed by atoms with Crippen molar-refractivity contribution in [1.29, 1.82) is 0 Å². The van der Waals surface area contributed by atoms with Crippen LogP contribution in [-0.2, 0) is 7.05 Å². The molecule has 1 aromatic carbocycles. The van der Waals surface area contributed by atoms with Crippen molar-refractivity contribution in [1.82, 2.24) is 9.55 Å². The molecule has 86 valence electrons. The molecule has 2 rings (SSSR count). The van der Waals surface area contributed by atoms with Gasteiger partial charge in [-0.2, -0.15) is 0 Å². The fraction of sp³-hybridized carbons (Fsp3) is 0.0769. The third kappa shape index (κ3) is 2.63. The molecule has 0 unspecified atom stereocenters. The topological polar surface area (TPSA) is 34.9 Å². The van der Waals surface area contributed by atoms with Crippen molar-refractivity contribution in [2.45, 2.75) is 0 Å². The van der Waals surface area contributed by atoms with E-state index in [9.17, 15) is 4.79 Å². The molecule has 0 saturated carbocycles. The van der Waals surface area contributed by atoms with Crippen LogP contribution in [0.25, 0.3) is 6.08 Å². The summed E-state index contributed by atoms with van der Waals surface area (Å²) in [4.78, 5) is 15.8. The third-order valence-corrected chi connectivity index (χ3v) is 2.71. The van der Waals surface area contributed by atoms with Gasteiger partial charge in [0.1, 0.15) is 0 Å². The molecule has 0 bridgehead atoms. The maximum absolute atomic E-state index is 11.8. The molecule has 0 aliphatic carbocycles. The molecule has 0 saturated heterocycles. The van der Waals surface area contributed by atoms with Crippen molar-refractivity contribution in [2.75, 3.05) is 0 Å². The van der Waals surface area contributed by atoms with Crippen LogP contribution in [0.5, 0.6) is 0 Å². The molecule has 0 amide bonds. The molecular formula is C13H11ClN2O. The van der Waals surface area contributed by atoms with Crippen LogP contribution < -0.4 is 0 Å². The minimum Gasteiger partial charge on any atom is -0.331 e. The Hall–Kier alpha value is -1.87. The van der Waals surface area contributed by atoms with E-state index in [2.05, 4.69) is 4.98 Å². The Bertz CT molecular complexity index is 572. The summed E-state index contributed by atoms with van der Waals surface area (Å²) in [5.74, 6) is 0.269. The molecule has 4 heteroatoms. The Morgan fingerprint density at radius 2 is 2.18 bits per heavy atom. The predicted octanol–water partition coefficient (Wildman–Crippen LogP) is 2.97. The summed E-state index contributed by atoms with van der Waals surface area (Å²) in [5.41, 5.74) is 0.816. The van der Waals surface area contributed by atoms with E-state index in [-0.39, 0.29) is 5.78 Å². The van der Waals surface area contributed by atoms with Gasteiger partial charge >= 0.3 is 0 Å². The zero-order valence-electron chi connectivity index (χ0n) is 9.30. The predicted molar refractivity (Wildman–Crippen MR) is 68.0 cm³/mol. The number of benzene rings is 1. The highest BCUT2D eigenvalue weighted by Gasteiger charge is 2.06. The summed E-state index contributed by atoms with van der Waals surface area (Å²) in [7, 11) is 1.78. The van der Waals surface area contributed by atoms with Gasteiger partial charge < -0.3 is 4.57 Å². The normalized spacial score (nSPS) is 10.9. The zero-order chi connectivity index (χ0) is 12.3. The van der Waals surface area contributed by atoms with Crippen molar-refractivity contribution >= 4 is 23.5 Å². The first-order valence-electron chi connectivity index (χ1n) is 5.13. The number of nitrogens with zero attached hydrogens (tertiary/aromatic N) is 2. The lowest BCUT2D eigenvalue weighted by molar-refractivity contribution is 0.103. The van der Waals surface area contributed by atoms with Gasteiger partial charge in [-0.1, -0.05) is 29.8 Å². The Labute approximate surface area is 104 Å². The van der Waals surface area contributed by atoms with Crippen LogP contribution in [0, 0.1) is 0 Å². The molecule has 2 aromatic rings. The Morgan fingerprint density at radius 1 is 1.41 bits per heavy atom. The molecule has 0 aliphatic rings. The van der Waals surface area contributed by atoms with Crippen molar-refractivity contribution in [3.63, 3.8) is 0 Å². The summed E-state index contributed by atoms with van der Waals surface area (Å²) in [6, 6.07) is 7.36. The first kappa shape index (κ1) is 11.6.